The molecule has 0 aromatic heterocycles. The minimum absolute atomic E-state index is 0. The van der Waals surface area contributed by atoms with Crippen LogP contribution >= 0.6 is 24.0 Å². The molecular formula is C17H24IN3O. The van der Waals surface area contributed by atoms with E-state index < -0.39 is 0 Å². The van der Waals surface area contributed by atoms with E-state index in [1.54, 1.807) is 7.05 Å². The van der Waals surface area contributed by atoms with Gasteiger partial charge < -0.3 is 15.4 Å². The Morgan fingerprint density at radius 3 is 2.64 bits per heavy atom. The summed E-state index contributed by atoms with van der Waals surface area (Å²) in [5, 5.41) is 9.11. The van der Waals surface area contributed by atoms with Gasteiger partial charge in [0.05, 0.1) is 6.61 Å². The minimum Gasteiger partial charge on any atom is -0.380 e. The Morgan fingerprint density at radius 1 is 1.09 bits per heavy atom. The first kappa shape index (κ1) is 18.7. The topological polar surface area (TPSA) is 45.6 Å². The van der Waals surface area contributed by atoms with Crippen molar-refractivity contribution in [2.45, 2.75) is 13.5 Å². The highest BCUT2D eigenvalue weighted by Crippen LogP contribution is 2.18. The van der Waals surface area contributed by atoms with Crippen molar-refractivity contribution in [2.24, 2.45) is 4.99 Å². The van der Waals surface area contributed by atoms with Crippen molar-refractivity contribution in [2.75, 3.05) is 26.8 Å². The molecule has 2 aromatic carbocycles. The highest BCUT2D eigenvalue weighted by atomic mass is 127. The fraction of sp³-hybridized carbons (Fsp3) is 0.353. The predicted molar refractivity (Wildman–Crippen MR) is 104 cm³/mol. The Hall–Kier alpha value is -1.34. The van der Waals surface area contributed by atoms with Gasteiger partial charge in [0.2, 0.25) is 0 Å². The molecule has 0 spiro atoms. The molecule has 120 valence electrons. The average Bonchev–Trinajstić information content (AvgIpc) is 2.54. The third-order valence-corrected chi connectivity index (χ3v) is 3.29. The van der Waals surface area contributed by atoms with E-state index >= 15 is 0 Å². The zero-order valence-electron chi connectivity index (χ0n) is 13.1. The third kappa shape index (κ3) is 5.46. The molecular weight excluding hydrogens is 389 g/mol. The van der Waals surface area contributed by atoms with E-state index in [2.05, 4.69) is 58.1 Å². The van der Waals surface area contributed by atoms with Gasteiger partial charge in [0.15, 0.2) is 5.96 Å². The van der Waals surface area contributed by atoms with Crippen LogP contribution in [0.2, 0.25) is 0 Å². The van der Waals surface area contributed by atoms with E-state index in [1.807, 2.05) is 6.92 Å². The Bertz CT molecular complexity index is 596. The zero-order valence-corrected chi connectivity index (χ0v) is 15.5. The summed E-state index contributed by atoms with van der Waals surface area (Å²) in [5.41, 5.74) is 1.26. The van der Waals surface area contributed by atoms with Crippen LogP contribution in [0.3, 0.4) is 0 Å². The Labute approximate surface area is 149 Å². The van der Waals surface area contributed by atoms with E-state index in [4.69, 9.17) is 4.74 Å². The maximum absolute atomic E-state index is 5.30. The lowest BCUT2D eigenvalue weighted by Gasteiger charge is -2.13. The van der Waals surface area contributed by atoms with Crippen molar-refractivity contribution in [3.63, 3.8) is 0 Å². The van der Waals surface area contributed by atoms with Gasteiger partial charge in [0.1, 0.15) is 0 Å². The molecule has 0 atom stereocenters. The maximum atomic E-state index is 5.30. The zero-order chi connectivity index (χ0) is 14.9. The third-order valence-electron chi connectivity index (χ3n) is 3.29. The van der Waals surface area contributed by atoms with Crippen LogP contribution in [0.15, 0.2) is 47.5 Å². The first-order valence-electron chi connectivity index (χ1n) is 7.34. The van der Waals surface area contributed by atoms with Crippen LogP contribution in [0.25, 0.3) is 10.8 Å². The van der Waals surface area contributed by atoms with Gasteiger partial charge in [0, 0.05) is 26.7 Å². The van der Waals surface area contributed by atoms with Gasteiger partial charge in [-0.05, 0) is 23.3 Å². The van der Waals surface area contributed by atoms with E-state index in [9.17, 15) is 0 Å². The molecule has 0 bridgehead atoms. The summed E-state index contributed by atoms with van der Waals surface area (Å²) >= 11 is 0. The smallest absolute Gasteiger partial charge is 0.191 e. The molecule has 0 heterocycles. The van der Waals surface area contributed by atoms with Crippen LogP contribution in [0, 0.1) is 0 Å². The van der Waals surface area contributed by atoms with Crippen molar-refractivity contribution >= 4 is 40.7 Å². The minimum atomic E-state index is 0. The van der Waals surface area contributed by atoms with E-state index in [0.717, 1.165) is 25.7 Å². The van der Waals surface area contributed by atoms with Gasteiger partial charge in [-0.25, -0.2) is 0 Å². The molecule has 4 nitrogen and oxygen atoms in total. The number of benzene rings is 2. The first-order chi connectivity index (χ1) is 10.3. The summed E-state index contributed by atoms with van der Waals surface area (Å²) < 4.78 is 5.30. The van der Waals surface area contributed by atoms with Crippen molar-refractivity contribution in [3.8, 4) is 0 Å². The summed E-state index contributed by atoms with van der Waals surface area (Å²) in [4.78, 5) is 4.22. The largest absolute Gasteiger partial charge is 0.380 e. The lowest BCUT2D eigenvalue weighted by Crippen LogP contribution is -2.38. The monoisotopic (exact) mass is 413 g/mol. The van der Waals surface area contributed by atoms with Gasteiger partial charge in [-0.3, -0.25) is 4.99 Å². The van der Waals surface area contributed by atoms with Crippen molar-refractivity contribution in [1.82, 2.24) is 10.6 Å². The van der Waals surface area contributed by atoms with Crippen LogP contribution < -0.4 is 10.6 Å². The van der Waals surface area contributed by atoms with E-state index in [-0.39, 0.29) is 24.0 Å². The Morgan fingerprint density at radius 2 is 1.86 bits per heavy atom. The molecule has 0 unspecified atom stereocenters. The van der Waals surface area contributed by atoms with E-state index in [0.29, 0.717) is 6.61 Å². The number of hydrogen-bond acceptors (Lipinski definition) is 2. The number of hydrogen-bond donors (Lipinski definition) is 2. The molecule has 0 radical (unpaired) electrons. The number of ether oxygens (including phenoxy) is 1. The van der Waals surface area contributed by atoms with Crippen LogP contribution in [0.5, 0.6) is 0 Å². The number of fused-ring (bicyclic) bond motifs is 1. The average molecular weight is 413 g/mol. The van der Waals surface area contributed by atoms with Gasteiger partial charge in [-0.2, -0.15) is 0 Å². The first-order valence-corrected chi connectivity index (χ1v) is 7.34. The second-order valence-corrected chi connectivity index (χ2v) is 4.69. The quantitative estimate of drug-likeness (QED) is 0.331. The normalized spacial score (nSPS) is 11.1. The number of rotatable bonds is 6. The maximum Gasteiger partial charge on any atom is 0.191 e. The number of halogens is 1. The number of aliphatic imine (C=N–C) groups is 1. The summed E-state index contributed by atoms with van der Waals surface area (Å²) in [6.07, 6.45) is 0. The van der Waals surface area contributed by atoms with Crippen molar-refractivity contribution < 1.29 is 4.74 Å². The fourth-order valence-corrected chi connectivity index (χ4v) is 2.23. The van der Waals surface area contributed by atoms with Crippen molar-refractivity contribution in [3.05, 3.63) is 48.0 Å². The summed E-state index contributed by atoms with van der Waals surface area (Å²) in [7, 11) is 1.78. The molecule has 5 heteroatoms. The van der Waals surface area contributed by atoms with Crippen molar-refractivity contribution in [1.29, 1.82) is 0 Å². The molecule has 2 aromatic rings. The summed E-state index contributed by atoms with van der Waals surface area (Å²) in [6.45, 7) is 4.92. The SMILES string of the molecule is CCOCCNC(=NC)NCc1cccc2ccccc12.I. The van der Waals surface area contributed by atoms with Gasteiger partial charge >= 0.3 is 0 Å². The molecule has 0 saturated heterocycles. The van der Waals surface area contributed by atoms with Crippen LogP contribution in [-0.2, 0) is 11.3 Å². The van der Waals surface area contributed by atoms with Gasteiger partial charge in [0.25, 0.3) is 0 Å². The van der Waals surface area contributed by atoms with Gasteiger partial charge in [-0.15, -0.1) is 24.0 Å². The highest BCUT2D eigenvalue weighted by molar-refractivity contribution is 14.0. The second kappa shape index (κ2) is 10.4. The molecule has 2 rings (SSSR count). The molecule has 0 aliphatic rings. The molecule has 0 fully saturated rings. The predicted octanol–water partition coefficient (Wildman–Crippen LogP) is 3.16. The summed E-state index contributed by atoms with van der Waals surface area (Å²) in [6, 6.07) is 14.8. The highest BCUT2D eigenvalue weighted by Gasteiger charge is 2.02. The lowest BCUT2D eigenvalue weighted by atomic mass is 10.0. The fourth-order valence-electron chi connectivity index (χ4n) is 2.23. The second-order valence-electron chi connectivity index (χ2n) is 4.69. The van der Waals surface area contributed by atoms with Crippen LogP contribution in [0.4, 0.5) is 0 Å². The number of nitrogens with zero attached hydrogens (tertiary/aromatic N) is 1. The molecule has 0 aliphatic carbocycles. The molecule has 22 heavy (non-hydrogen) atoms. The molecule has 0 amide bonds. The van der Waals surface area contributed by atoms with Crippen LogP contribution in [0.1, 0.15) is 12.5 Å². The molecule has 2 N–H and O–H groups in total. The van der Waals surface area contributed by atoms with Gasteiger partial charge in [-0.1, -0.05) is 42.5 Å². The standard InChI is InChI=1S/C17H23N3O.HI/c1-3-21-12-11-19-17(18-2)20-13-15-9-6-8-14-7-4-5-10-16(14)15;/h4-10H,3,11-13H2,1-2H3,(H2,18,19,20);1H. The lowest BCUT2D eigenvalue weighted by molar-refractivity contribution is 0.152. The Balaban J connectivity index is 0.00000242. The Kier molecular flexibility index (Phi) is 8.84. The molecule has 0 aliphatic heterocycles. The number of guanidine groups is 1. The summed E-state index contributed by atoms with van der Waals surface area (Å²) in [5.74, 6) is 0.794. The number of nitrogens with one attached hydrogen (secondary N) is 2. The van der Waals surface area contributed by atoms with E-state index in [1.165, 1.54) is 16.3 Å². The molecule has 0 saturated carbocycles. The van der Waals surface area contributed by atoms with Crippen LogP contribution in [-0.4, -0.2) is 32.8 Å².